The number of esters is 2. The van der Waals surface area contributed by atoms with Crippen molar-refractivity contribution in [2.75, 3.05) is 23.9 Å². The first-order valence-electron chi connectivity index (χ1n) is 7.52. The number of hydrogen-bond acceptors (Lipinski definition) is 6. The molecule has 0 aromatic carbocycles. The van der Waals surface area contributed by atoms with Crippen molar-refractivity contribution in [1.82, 2.24) is 0 Å². The van der Waals surface area contributed by atoms with E-state index in [-0.39, 0.29) is 30.4 Å². The Labute approximate surface area is 136 Å². The lowest BCUT2D eigenvalue weighted by atomic mass is 9.91. The zero-order valence-electron chi connectivity index (χ0n) is 13.2. The molecule has 1 atom stereocenters. The number of ether oxygens (including phenoxy) is 2. The van der Waals surface area contributed by atoms with Crippen LogP contribution in [0.2, 0.25) is 0 Å². The monoisotopic (exact) mass is 334 g/mol. The van der Waals surface area contributed by atoms with E-state index in [4.69, 9.17) is 9.47 Å². The minimum atomic E-state index is -0.490. The van der Waals surface area contributed by atoms with Gasteiger partial charge >= 0.3 is 11.9 Å². The molecule has 1 unspecified atom stereocenters. The molecule has 0 radical (unpaired) electrons. The summed E-state index contributed by atoms with van der Waals surface area (Å²) in [4.78, 5) is 23.5. The second kappa shape index (κ2) is 9.62. The Bertz CT molecular complexity index is 337. The van der Waals surface area contributed by atoms with Crippen molar-refractivity contribution in [2.45, 2.75) is 51.9 Å². The number of carbonyl (C=O) groups excluding carboxylic acids is 2. The summed E-state index contributed by atoms with van der Waals surface area (Å²) in [7, 11) is 0. The van der Waals surface area contributed by atoms with Gasteiger partial charge in [-0.05, 0) is 44.6 Å². The lowest BCUT2D eigenvalue weighted by molar-refractivity contribution is -0.156. The summed E-state index contributed by atoms with van der Waals surface area (Å²) in [5.41, 5.74) is -0.554. The van der Waals surface area contributed by atoms with Gasteiger partial charge in [0.2, 0.25) is 0 Å². The summed E-state index contributed by atoms with van der Waals surface area (Å²) in [6.45, 7) is 5.73. The Hall–Kier alpha value is -0.360. The molecule has 1 aliphatic heterocycles. The third-order valence-electron chi connectivity index (χ3n) is 3.48. The van der Waals surface area contributed by atoms with Crippen LogP contribution in [0.4, 0.5) is 0 Å². The summed E-state index contributed by atoms with van der Waals surface area (Å²) in [6.07, 6.45) is 3.26. The molecule has 0 bridgehead atoms. The van der Waals surface area contributed by atoms with E-state index in [1.54, 1.807) is 11.8 Å². The highest BCUT2D eigenvalue weighted by Gasteiger charge is 2.27. The zero-order chi connectivity index (χ0) is 15.7. The Kier molecular flexibility index (Phi) is 8.56. The van der Waals surface area contributed by atoms with Crippen LogP contribution in [0.5, 0.6) is 0 Å². The summed E-state index contributed by atoms with van der Waals surface area (Å²) in [5, 5.41) is 0. The molecule has 0 spiro atoms. The Balaban J connectivity index is 2.22. The Morgan fingerprint density at radius 2 is 1.95 bits per heavy atom. The summed E-state index contributed by atoms with van der Waals surface area (Å²) >= 11 is 3.53. The summed E-state index contributed by atoms with van der Waals surface area (Å²) in [6, 6.07) is 0. The molecule has 1 heterocycles. The minimum absolute atomic E-state index is 0.0643. The summed E-state index contributed by atoms with van der Waals surface area (Å²) in [5.74, 6) is 2.49. The molecule has 1 aliphatic rings. The number of thioether (sulfide) groups is 2. The van der Waals surface area contributed by atoms with Crippen molar-refractivity contribution in [3.63, 3.8) is 0 Å². The molecule has 21 heavy (non-hydrogen) atoms. The molecule has 122 valence electrons. The van der Waals surface area contributed by atoms with Gasteiger partial charge in [-0.1, -0.05) is 6.92 Å². The van der Waals surface area contributed by atoms with E-state index < -0.39 is 5.41 Å². The Morgan fingerprint density at radius 3 is 2.67 bits per heavy atom. The van der Waals surface area contributed by atoms with Crippen LogP contribution in [-0.2, 0) is 19.1 Å². The average molecular weight is 335 g/mol. The number of carbonyl (C=O) groups is 2. The highest BCUT2D eigenvalue weighted by Crippen LogP contribution is 2.24. The van der Waals surface area contributed by atoms with Crippen molar-refractivity contribution < 1.29 is 19.1 Å². The van der Waals surface area contributed by atoms with Crippen LogP contribution in [-0.4, -0.2) is 41.2 Å². The predicted octanol–water partition coefficient (Wildman–Crippen LogP) is 3.49. The summed E-state index contributed by atoms with van der Waals surface area (Å²) < 4.78 is 10.6. The molecule has 1 fully saturated rings. The van der Waals surface area contributed by atoms with Gasteiger partial charge in [0.25, 0.3) is 0 Å². The molecule has 0 amide bonds. The van der Waals surface area contributed by atoms with Crippen molar-refractivity contribution >= 4 is 35.5 Å². The standard InChI is InChI=1S/C15H26O4S2/c1-4-15(2,3)14(17)18-8-7-12(16)19-13-11-20-9-5-6-10-21-13/h13H,4-11H2,1-3H3. The SMILES string of the molecule is CCC(C)(C)C(=O)OCCC(=O)OC1CSCCCCS1. The predicted molar refractivity (Wildman–Crippen MR) is 88.5 cm³/mol. The highest BCUT2D eigenvalue weighted by atomic mass is 32.2. The van der Waals surface area contributed by atoms with Crippen molar-refractivity contribution in [1.29, 1.82) is 0 Å². The molecule has 1 saturated heterocycles. The van der Waals surface area contributed by atoms with E-state index in [9.17, 15) is 9.59 Å². The van der Waals surface area contributed by atoms with Gasteiger partial charge in [-0.2, -0.15) is 11.8 Å². The third kappa shape index (κ3) is 7.45. The van der Waals surface area contributed by atoms with Gasteiger partial charge < -0.3 is 9.47 Å². The van der Waals surface area contributed by atoms with Crippen LogP contribution in [0.1, 0.15) is 46.5 Å². The maximum Gasteiger partial charge on any atom is 0.311 e. The van der Waals surface area contributed by atoms with Crippen LogP contribution >= 0.6 is 23.5 Å². The van der Waals surface area contributed by atoms with E-state index >= 15 is 0 Å². The third-order valence-corrected chi connectivity index (χ3v) is 5.97. The van der Waals surface area contributed by atoms with Gasteiger partial charge in [0.15, 0.2) is 5.44 Å². The van der Waals surface area contributed by atoms with Crippen LogP contribution < -0.4 is 0 Å². The minimum Gasteiger partial charge on any atom is -0.465 e. The van der Waals surface area contributed by atoms with E-state index in [1.807, 2.05) is 32.5 Å². The average Bonchev–Trinajstić information content (AvgIpc) is 2.41. The second-order valence-corrected chi connectivity index (χ2v) is 8.11. The molecule has 0 N–H and O–H groups in total. The van der Waals surface area contributed by atoms with Crippen LogP contribution in [0.15, 0.2) is 0 Å². The molecule has 0 aliphatic carbocycles. The van der Waals surface area contributed by atoms with Gasteiger partial charge in [-0.25, -0.2) is 0 Å². The lowest BCUT2D eigenvalue weighted by Crippen LogP contribution is -2.27. The van der Waals surface area contributed by atoms with Crippen LogP contribution in [0.3, 0.4) is 0 Å². The molecule has 0 aromatic heterocycles. The first-order valence-corrected chi connectivity index (χ1v) is 9.72. The van der Waals surface area contributed by atoms with Crippen molar-refractivity contribution in [3.05, 3.63) is 0 Å². The molecular formula is C15H26O4S2. The highest BCUT2D eigenvalue weighted by molar-refractivity contribution is 8.03. The number of hydrogen-bond donors (Lipinski definition) is 0. The molecule has 4 nitrogen and oxygen atoms in total. The van der Waals surface area contributed by atoms with Gasteiger partial charge in [-0.3, -0.25) is 9.59 Å². The van der Waals surface area contributed by atoms with Crippen LogP contribution in [0, 0.1) is 5.41 Å². The fourth-order valence-corrected chi connectivity index (χ4v) is 3.91. The molecule has 1 rings (SSSR count). The van der Waals surface area contributed by atoms with E-state index in [2.05, 4.69) is 0 Å². The largest absolute Gasteiger partial charge is 0.465 e. The number of rotatable bonds is 6. The molecule has 0 aromatic rings. The van der Waals surface area contributed by atoms with Gasteiger partial charge in [0, 0.05) is 5.75 Å². The first kappa shape index (κ1) is 18.7. The Morgan fingerprint density at radius 1 is 1.24 bits per heavy atom. The fraction of sp³-hybridized carbons (Fsp3) is 0.867. The van der Waals surface area contributed by atoms with E-state index in [1.165, 1.54) is 12.8 Å². The van der Waals surface area contributed by atoms with E-state index in [0.717, 1.165) is 17.3 Å². The smallest absolute Gasteiger partial charge is 0.311 e. The lowest BCUT2D eigenvalue weighted by Gasteiger charge is -2.21. The maximum atomic E-state index is 11.8. The molecule has 6 heteroatoms. The van der Waals surface area contributed by atoms with Crippen molar-refractivity contribution in [2.24, 2.45) is 5.41 Å². The van der Waals surface area contributed by atoms with E-state index in [0.29, 0.717) is 6.42 Å². The normalized spacial score (nSPS) is 20.2. The fourth-order valence-electron chi connectivity index (χ4n) is 1.59. The van der Waals surface area contributed by atoms with Crippen molar-refractivity contribution in [3.8, 4) is 0 Å². The van der Waals surface area contributed by atoms with Gasteiger partial charge in [0.05, 0.1) is 11.8 Å². The molecular weight excluding hydrogens is 308 g/mol. The van der Waals surface area contributed by atoms with Gasteiger partial charge in [-0.15, -0.1) is 11.8 Å². The van der Waals surface area contributed by atoms with Gasteiger partial charge in [0.1, 0.15) is 6.61 Å². The first-order chi connectivity index (χ1) is 9.95. The molecule has 0 saturated carbocycles. The van der Waals surface area contributed by atoms with Crippen LogP contribution in [0.25, 0.3) is 0 Å². The topological polar surface area (TPSA) is 52.6 Å². The zero-order valence-corrected chi connectivity index (χ0v) is 14.8. The maximum absolute atomic E-state index is 11.8. The second-order valence-electron chi connectivity index (χ2n) is 5.70. The quantitative estimate of drug-likeness (QED) is 0.693.